The van der Waals surface area contributed by atoms with Crippen LogP contribution in [0.15, 0.2) is 0 Å². The maximum atomic E-state index is 5.38. The van der Waals surface area contributed by atoms with Crippen molar-refractivity contribution in [2.75, 3.05) is 72.6 Å². The fourth-order valence-corrected chi connectivity index (χ4v) is 1.43. The molecule has 0 saturated carbocycles. The first kappa shape index (κ1) is 20.8. The van der Waals surface area contributed by atoms with E-state index in [1.165, 1.54) is 0 Å². The van der Waals surface area contributed by atoms with Gasteiger partial charge < -0.3 is 29.0 Å². The maximum absolute atomic E-state index is 5.38. The summed E-state index contributed by atoms with van der Waals surface area (Å²) < 4.78 is 26.8. The number of nitrogens with one attached hydrogen (secondary N) is 1. The van der Waals surface area contributed by atoms with E-state index in [-0.39, 0.29) is 6.10 Å². The van der Waals surface area contributed by atoms with Gasteiger partial charge in [0, 0.05) is 6.54 Å². The number of hydrogen-bond acceptors (Lipinski definition) is 6. The van der Waals surface area contributed by atoms with Crippen LogP contribution in [0, 0.1) is 0 Å². The van der Waals surface area contributed by atoms with Crippen molar-refractivity contribution >= 4 is 0 Å². The summed E-state index contributed by atoms with van der Waals surface area (Å²) in [7, 11) is 0. The molecule has 0 aromatic carbocycles. The lowest BCUT2D eigenvalue weighted by Crippen LogP contribution is -2.20. The van der Waals surface area contributed by atoms with Crippen LogP contribution in [0.2, 0.25) is 0 Å². The van der Waals surface area contributed by atoms with E-state index in [0.717, 1.165) is 19.7 Å². The second-order valence-electron chi connectivity index (χ2n) is 4.72. The van der Waals surface area contributed by atoms with Gasteiger partial charge in [-0.25, -0.2) is 0 Å². The van der Waals surface area contributed by atoms with E-state index in [9.17, 15) is 0 Å². The van der Waals surface area contributed by atoms with Crippen molar-refractivity contribution in [3.05, 3.63) is 0 Å². The molecule has 0 heterocycles. The van der Waals surface area contributed by atoms with Gasteiger partial charge in [-0.2, -0.15) is 0 Å². The molecule has 0 atom stereocenters. The van der Waals surface area contributed by atoms with Gasteiger partial charge in [0.2, 0.25) is 0 Å². The number of likely N-dealkylation sites (N-methyl/N-ethyl adjacent to an activating group) is 1. The molecule has 6 nitrogen and oxygen atoms in total. The minimum Gasteiger partial charge on any atom is -0.378 e. The highest BCUT2D eigenvalue weighted by Gasteiger charge is 1.94. The topological polar surface area (TPSA) is 58.2 Å². The van der Waals surface area contributed by atoms with Crippen molar-refractivity contribution in [2.24, 2.45) is 0 Å². The molecule has 0 aliphatic heterocycles. The molecule has 0 aromatic rings. The molecule has 0 saturated heterocycles. The van der Waals surface area contributed by atoms with Crippen LogP contribution in [-0.2, 0) is 23.7 Å². The van der Waals surface area contributed by atoms with E-state index < -0.39 is 0 Å². The molecule has 21 heavy (non-hydrogen) atoms. The van der Waals surface area contributed by atoms with Crippen LogP contribution in [0.1, 0.15) is 20.8 Å². The fourth-order valence-electron chi connectivity index (χ4n) is 1.43. The van der Waals surface area contributed by atoms with Crippen LogP contribution >= 0.6 is 0 Å². The highest BCUT2D eigenvalue weighted by molar-refractivity contribution is 4.41. The van der Waals surface area contributed by atoms with E-state index in [2.05, 4.69) is 12.2 Å². The lowest BCUT2D eigenvalue weighted by molar-refractivity contribution is -0.0174. The Labute approximate surface area is 129 Å². The van der Waals surface area contributed by atoms with Crippen molar-refractivity contribution in [2.45, 2.75) is 26.9 Å². The molecule has 1 N–H and O–H groups in total. The Morgan fingerprint density at radius 3 is 1.52 bits per heavy atom. The molecule has 0 aliphatic carbocycles. The summed E-state index contributed by atoms with van der Waals surface area (Å²) >= 11 is 0. The maximum Gasteiger partial charge on any atom is 0.0703 e. The van der Waals surface area contributed by atoms with Gasteiger partial charge in [-0.1, -0.05) is 6.92 Å². The quantitative estimate of drug-likeness (QED) is 0.406. The van der Waals surface area contributed by atoms with Crippen LogP contribution in [-0.4, -0.2) is 78.7 Å². The molecular weight excluding hydrogens is 274 g/mol. The summed E-state index contributed by atoms with van der Waals surface area (Å²) in [5, 5.41) is 3.19. The van der Waals surface area contributed by atoms with Crippen molar-refractivity contribution in [3.8, 4) is 0 Å². The van der Waals surface area contributed by atoms with Gasteiger partial charge in [0.1, 0.15) is 0 Å². The van der Waals surface area contributed by atoms with E-state index in [0.29, 0.717) is 52.9 Å². The monoisotopic (exact) mass is 307 g/mol. The minimum absolute atomic E-state index is 0.258. The zero-order valence-corrected chi connectivity index (χ0v) is 13.9. The standard InChI is InChI=1S/C15H33NO5/c1-4-16-5-6-17-7-8-18-9-10-19-11-12-20-13-14-21-15(2)3/h15-16H,4-14H2,1-3H3. The lowest BCUT2D eigenvalue weighted by atomic mass is 10.5. The summed E-state index contributed by atoms with van der Waals surface area (Å²) in [5.41, 5.74) is 0. The van der Waals surface area contributed by atoms with Crippen LogP contribution in [0.3, 0.4) is 0 Å². The lowest BCUT2D eigenvalue weighted by Gasteiger charge is -2.09. The largest absolute Gasteiger partial charge is 0.378 e. The molecule has 0 fully saturated rings. The zero-order chi connectivity index (χ0) is 15.6. The van der Waals surface area contributed by atoms with Crippen molar-refractivity contribution < 1.29 is 23.7 Å². The second kappa shape index (κ2) is 17.8. The summed E-state index contributed by atoms with van der Waals surface area (Å²) in [5.74, 6) is 0. The van der Waals surface area contributed by atoms with Gasteiger partial charge in [0.05, 0.1) is 65.6 Å². The van der Waals surface area contributed by atoms with Crippen LogP contribution in [0.4, 0.5) is 0 Å². The van der Waals surface area contributed by atoms with Gasteiger partial charge in [-0.3, -0.25) is 0 Å². The van der Waals surface area contributed by atoms with Crippen LogP contribution in [0.5, 0.6) is 0 Å². The molecule has 0 aliphatic rings. The molecule has 6 heteroatoms. The van der Waals surface area contributed by atoms with Crippen molar-refractivity contribution in [1.82, 2.24) is 5.32 Å². The molecule has 0 amide bonds. The SMILES string of the molecule is CCNCCOCCOCCOCCOCCOC(C)C. The number of ether oxygens (including phenoxy) is 5. The molecule has 0 unspecified atom stereocenters. The Hall–Kier alpha value is -0.240. The van der Waals surface area contributed by atoms with Gasteiger partial charge >= 0.3 is 0 Å². The molecule has 0 aromatic heterocycles. The molecule has 128 valence electrons. The van der Waals surface area contributed by atoms with Crippen molar-refractivity contribution in [3.63, 3.8) is 0 Å². The smallest absolute Gasteiger partial charge is 0.0703 e. The van der Waals surface area contributed by atoms with Crippen LogP contribution < -0.4 is 5.32 Å². The van der Waals surface area contributed by atoms with E-state index in [1.807, 2.05) is 13.8 Å². The van der Waals surface area contributed by atoms with Gasteiger partial charge in [-0.15, -0.1) is 0 Å². The molecular formula is C15H33NO5. The predicted octanol–water partition coefficient (Wildman–Crippen LogP) is 1.09. The van der Waals surface area contributed by atoms with E-state index in [1.54, 1.807) is 0 Å². The fraction of sp³-hybridized carbons (Fsp3) is 1.00. The van der Waals surface area contributed by atoms with E-state index in [4.69, 9.17) is 23.7 Å². The number of rotatable bonds is 17. The second-order valence-corrected chi connectivity index (χ2v) is 4.72. The average molecular weight is 307 g/mol. The molecule has 0 bridgehead atoms. The third kappa shape index (κ3) is 19.8. The average Bonchev–Trinajstić information content (AvgIpc) is 2.46. The Kier molecular flexibility index (Phi) is 17.6. The summed E-state index contributed by atoms with van der Waals surface area (Å²) in [6, 6.07) is 0. The van der Waals surface area contributed by atoms with Crippen LogP contribution in [0.25, 0.3) is 0 Å². The minimum atomic E-state index is 0.258. The highest BCUT2D eigenvalue weighted by Crippen LogP contribution is 1.87. The zero-order valence-electron chi connectivity index (χ0n) is 13.9. The molecule has 0 rings (SSSR count). The Balaban J connectivity index is 2.93. The van der Waals surface area contributed by atoms with Gasteiger partial charge in [0.15, 0.2) is 0 Å². The predicted molar refractivity (Wildman–Crippen MR) is 82.9 cm³/mol. The third-order valence-corrected chi connectivity index (χ3v) is 2.47. The summed E-state index contributed by atoms with van der Waals surface area (Å²) in [6.45, 7) is 13.5. The third-order valence-electron chi connectivity index (χ3n) is 2.47. The summed E-state index contributed by atoms with van der Waals surface area (Å²) in [6.07, 6.45) is 0.258. The first-order chi connectivity index (χ1) is 10.3. The molecule has 0 spiro atoms. The highest BCUT2D eigenvalue weighted by atomic mass is 16.6. The summed E-state index contributed by atoms with van der Waals surface area (Å²) in [4.78, 5) is 0. The Morgan fingerprint density at radius 1 is 0.667 bits per heavy atom. The van der Waals surface area contributed by atoms with Gasteiger partial charge in [-0.05, 0) is 20.4 Å². The Morgan fingerprint density at radius 2 is 1.10 bits per heavy atom. The normalized spacial score (nSPS) is 11.4. The first-order valence-corrected chi connectivity index (χ1v) is 7.90. The number of hydrogen-bond donors (Lipinski definition) is 1. The van der Waals surface area contributed by atoms with E-state index >= 15 is 0 Å². The van der Waals surface area contributed by atoms with Gasteiger partial charge in [0.25, 0.3) is 0 Å². The first-order valence-electron chi connectivity index (χ1n) is 7.90. The van der Waals surface area contributed by atoms with Crippen molar-refractivity contribution in [1.29, 1.82) is 0 Å². The molecule has 0 radical (unpaired) electrons. The Bertz CT molecular complexity index is 193.